The molecule has 1 heteroatoms. The average molecular weight is 672 g/mol. The molecule has 1 aliphatic rings. The Morgan fingerprint density at radius 1 is 0.321 bits per heavy atom. The molecule has 1 aromatic heterocycles. The van der Waals surface area contributed by atoms with Crippen molar-refractivity contribution in [3.05, 3.63) is 222 Å². The smallest absolute Gasteiger partial charge is 0.0794 e. The molecule has 10 aromatic rings. The molecule has 0 bridgehead atoms. The van der Waals surface area contributed by atoms with E-state index in [2.05, 4.69) is 200 Å². The van der Waals surface area contributed by atoms with Gasteiger partial charge in [0.15, 0.2) is 0 Å². The molecule has 1 aliphatic carbocycles. The van der Waals surface area contributed by atoms with Gasteiger partial charge in [0.05, 0.1) is 16.4 Å². The summed E-state index contributed by atoms with van der Waals surface area (Å²) in [5, 5.41) is 7.08. The highest BCUT2D eigenvalue weighted by atomic mass is 14.7. The first-order valence-corrected chi connectivity index (χ1v) is 18.4. The third kappa shape index (κ3) is 4.35. The van der Waals surface area contributed by atoms with E-state index in [9.17, 15) is 0 Å². The Bertz CT molecular complexity index is 2920. The Morgan fingerprint density at radius 3 is 1.51 bits per heavy atom. The minimum Gasteiger partial charge on any atom is -0.246 e. The molecule has 0 saturated heterocycles. The lowest BCUT2D eigenvalue weighted by Gasteiger charge is -2.34. The van der Waals surface area contributed by atoms with Crippen molar-refractivity contribution in [1.29, 1.82) is 0 Å². The maximum atomic E-state index is 5.43. The third-order valence-corrected chi connectivity index (χ3v) is 11.5. The van der Waals surface area contributed by atoms with Crippen LogP contribution in [-0.4, -0.2) is 4.98 Å². The summed E-state index contributed by atoms with van der Waals surface area (Å²) >= 11 is 0. The average Bonchev–Trinajstić information content (AvgIpc) is 3.54. The van der Waals surface area contributed by atoms with Gasteiger partial charge in [0.1, 0.15) is 0 Å². The van der Waals surface area contributed by atoms with E-state index in [1.54, 1.807) is 0 Å². The fourth-order valence-electron chi connectivity index (χ4n) is 9.20. The van der Waals surface area contributed by atoms with E-state index in [0.29, 0.717) is 0 Å². The quantitative estimate of drug-likeness (QED) is 0.134. The lowest BCUT2D eigenvalue weighted by Crippen LogP contribution is -2.28. The Morgan fingerprint density at radius 2 is 0.849 bits per heavy atom. The number of nitrogens with zero attached hydrogens (tertiary/aromatic N) is 1. The molecule has 0 fully saturated rings. The van der Waals surface area contributed by atoms with Gasteiger partial charge in [-0.15, -0.1) is 0 Å². The van der Waals surface area contributed by atoms with Gasteiger partial charge in [-0.2, -0.15) is 0 Å². The van der Waals surface area contributed by atoms with Gasteiger partial charge in [-0.25, -0.2) is 4.98 Å². The van der Waals surface area contributed by atoms with Gasteiger partial charge in [0.2, 0.25) is 0 Å². The molecule has 0 N–H and O–H groups in total. The van der Waals surface area contributed by atoms with Crippen LogP contribution in [-0.2, 0) is 5.41 Å². The van der Waals surface area contributed by atoms with Crippen molar-refractivity contribution < 1.29 is 0 Å². The van der Waals surface area contributed by atoms with Crippen LogP contribution < -0.4 is 0 Å². The number of hydrogen-bond donors (Lipinski definition) is 0. The molecular weight excluding hydrogens is 639 g/mol. The first-order valence-electron chi connectivity index (χ1n) is 18.4. The zero-order valence-electron chi connectivity index (χ0n) is 29.0. The van der Waals surface area contributed by atoms with E-state index in [4.69, 9.17) is 4.98 Å². The molecule has 11 rings (SSSR count). The lowest BCUT2D eigenvalue weighted by atomic mass is 9.67. The number of benzene rings is 9. The van der Waals surface area contributed by atoms with Gasteiger partial charge < -0.3 is 0 Å². The van der Waals surface area contributed by atoms with Gasteiger partial charge in [-0.1, -0.05) is 188 Å². The number of rotatable bonds is 4. The van der Waals surface area contributed by atoms with Gasteiger partial charge in [0.25, 0.3) is 0 Å². The van der Waals surface area contributed by atoms with E-state index in [0.717, 1.165) is 11.0 Å². The monoisotopic (exact) mass is 671 g/mol. The van der Waals surface area contributed by atoms with E-state index in [1.807, 2.05) is 0 Å². The van der Waals surface area contributed by atoms with Gasteiger partial charge in [-0.05, 0) is 73.0 Å². The summed E-state index contributed by atoms with van der Waals surface area (Å²) in [5.41, 5.74) is 14.2. The summed E-state index contributed by atoms with van der Waals surface area (Å²) in [6, 6.07) is 73.5. The highest BCUT2D eigenvalue weighted by molar-refractivity contribution is 6.21. The maximum absolute atomic E-state index is 5.43. The van der Waals surface area contributed by atoms with Crippen LogP contribution in [0.3, 0.4) is 0 Å². The standard InChI is InChI=1S/C52H33N/c1-3-18-39(19-4-1)52(40-20-5-2-6-21-40)47-25-12-11-24-43(47)44-29-28-37(33-48(44)52)36-16-13-17-38(32-36)49-45-30-26-34-14-7-9-22-41(34)50(45)53-51-42-23-10-8-15-35(42)27-31-46(49)51/h1-33H. The lowest BCUT2D eigenvalue weighted by molar-refractivity contribution is 0.769. The van der Waals surface area contributed by atoms with Crippen molar-refractivity contribution in [3.8, 4) is 33.4 Å². The summed E-state index contributed by atoms with van der Waals surface area (Å²) in [7, 11) is 0. The van der Waals surface area contributed by atoms with Crippen LogP contribution in [0.15, 0.2) is 200 Å². The summed E-state index contributed by atoms with van der Waals surface area (Å²) in [6.07, 6.45) is 0. The van der Waals surface area contributed by atoms with Gasteiger partial charge in [-0.3, -0.25) is 0 Å². The second kappa shape index (κ2) is 11.6. The molecule has 0 spiro atoms. The number of aromatic nitrogens is 1. The second-order valence-electron chi connectivity index (χ2n) is 14.2. The molecule has 53 heavy (non-hydrogen) atoms. The normalized spacial score (nSPS) is 13.1. The first-order chi connectivity index (χ1) is 26.3. The predicted molar refractivity (Wildman–Crippen MR) is 222 cm³/mol. The maximum Gasteiger partial charge on any atom is 0.0794 e. The van der Waals surface area contributed by atoms with Crippen molar-refractivity contribution in [2.45, 2.75) is 5.41 Å². The van der Waals surface area contributed by atoms with Crippen molar-refractivity contribution >= 4 is 43.4 Å². The number of hydrogen-bond acceptors (Lipinski definition) is 1. The molecule has 246 valence electrons. The zero-order valence-corrected chi connectivity index (χ0v) is 29.0. The molecular formula is C52H33N. The Kier molecular flexibility index (Phi) is 6.53. The zero-order chi connectivity index (χ0) is 34.9. The summed E-state index contributed by atoms with van der Waals surface area (Å²) < 4.78 is 0. The van der Waals surface area contributed by atoms with Crippen LogP contribution in [0.25, 0.3) is 76.7 Å². The summed E-state index contributed by atoms with van der Waals surface area (Å²) in [4.78, 5) is 5.43. The van der Waals surface area contributed by atoms with E-state index >= 15 is 0 Å². The SMILES string of the molecule is c1ccc(C2(c3ccccc3)c3ccccc3-c3ccc(-c4cccc(-c5c6ccc7ccccc7c6nc6c5ccc5ccccc56)c4)cc32)cc1. The molecule has 0 unspecified atom stereocenters. The Hall–Kier alpha value is -6.83. The van der Waals surface area contributed by atoms with E-state index in [-0.39, 0.29) is 0 Å². The minimum atomic E-state index is -0.443. The summed E-state index contributed by atoms with van der Waals surface area (Å²) in [6.45, 7) is 0. The molecule has 0 aliphatic heterocycles. The molecule has 0 atom stereocenters. The molecule has 1 nitrogen and oxygen atoms in total. The van der Waals surface area contributed by atoms with E-state index < -0.39 is 5.41 Å². The van der Waals surface area contributed by atoms with Crippen LogP contribution >= 0.6 is 0 Å². The highest BCUT2D eigenvalue weighted by Crippen LogP contribution is 2.56. The van der Waals surface area contributed by atoms with Crippen molar-refractivity contribution in [1.82, 2.24) is 4.98 Å². The Labute approximate surface area is 308 Å². The third-order valence-electron chi connectivity index (χ3n) is 11.5. The fraction of sp³-hybridized carbons (Fsp3) is 0.0192. The highest BCUT2D eigenvalue weighted by Gasteiger charge is 2.46. The topological polar surface area (TPSA) is 12.9 Å². The van der Waals surface area contributed by atoms with Crippen molar-refractivity contribution in [2.24, 2.45) is 0 Å². The first kappa shape index (κ1) is 29.9. The van der Waals surface area contributed by atoms with Crippen LogP contribution in [0.4, 0.5) is 0 Å². The fourth-order valence-corrected chi connectivity index (χ4v) is 9.20. The largest absolute Gasteiger partial charge is 0.246 e. The van der Waals surface area contributed by atoms with E-state index in [1.165, 1.54) is 88.0 Å². The predicted octanol–water partition coefficient (Wildman–Crippen LogP) is 13.4. The van der Waals surface area contributed by atoms with Crippen LogP contribution in [0, 0.1) is 0 Å². The number of fused-ring (bicyclic) bond motifs is 9. The second-order valence-corrected chi connectivity index (χ2v) is 14.2. The van der Waals surface area contributed by atoms with Crippen LogP contribution in [0.1, 0.15) is 22.3 Å². The van der Waals surface area contributed by atoms with Crippen molar-refractivity contribution in [3.63, 3.8) is 0 Å². The molecule has 9 aromatic carbocycles. The molecule has 0 radical (unpaired) electrons. The number of pyridine rings is 1. The summed E-state index contributed by atoms with van der Waals surface area (Å²) in [5.74, 6) is 0. The van der Waals surface area contributed by atoms with Crippen molar-refractivity contribution in [2.75, 3.05) is 0 Å². The molecule has 1 heterocycles. The van der Waals surface area contributed by atoms with Gasteiger partial charge in [0, 0.05) is 27.1 Å². The Balaban J connectivity index is 1.17. The van der Waals surface area contributed by atoms with Gasteiger partial charge >= 0.3 is 0 Å². The van der Waals surface area contributed by atoms with Crippen LogP contribution in [0.5, 0.6) is 0 Å². The molecule has 0 amide bonds. The molecule has 0 saturated carbocycles. The van der Waals surface area contributed by atoms with Crippen LogP contribution in [0.2, 0.25) is 0 Å². The minimum absolute atomic E-state index is 0.443.